The van der Waals surface area contributed by atoms with Crippen LogP contribution in [0.2, 0.25) is 0 Å². The van der Waals surface area contributed by atoms with Gasteiger partial charge in [0.05, 0.1) is 10.4 Å². The van der Waals surface area contributed by atoms with Crippen molar-refractivity contribution in [2.75, 3.05) is 12.3 Å². The van der Waals surface area contributed by atoms with Gasteiger partial charge in [0.1, 0.15) is 5.82 Å². The molecule has 19 heavy (non-hydrogen) atoms. The highest BCUT2D eigenvalue weighted by Gasteiger charge is 2.14. The second-order valence-corrected chi connectivity index (χ2v) is 6.60. The van der Waals surface area contributed by atoms with Crippen LogP contribution < -0.4 is 10.5 Å². The summed E-state index contributed by atoms with van der Waals surface area (Å²) >= 11 is 0. The van der Waals surface area contributed by atoms with Gasteiger partial charge in [-0.3, -0.25) is 0 Å². The van der Waals surface area contributed by atoms with Crippen LogP contribution in [-0.4, -0.2) is 19.9 Å². The second-order valence-electron chi connectivity index (χ2n) is 4.84. The molecule has 2 rings (SSSR count). The molecule has 0 radical (unpaired) electrons. The maximum Gasteiger partial charge on any atom is 0.240 e. The Balaban J connectivity index is 2.38. The van der Waals surface area contributed by atoms with E-state index in [0.717, 1.165) is 5.39 Å². The predicted molar refractivity (Wildman–Crippen MR) is 76.2 cm³/mol. The normalized spacial score (nSPS) is 12.2. The highest BCUT2D eigenvalue weighted by Crippen LogP contribution is 2.18. The van der Waals surface area contributed by atoms with E-state index in [4.69, 9.17) is 5.73 Å². The molecule has 0 atom stereocenters. The minimum atomic E-state index is -3.47. The number of hydrogen-bond acceptors (Lipinski definition) is 4. The van der Waals surface area contributed by atoms with Crippen LogP contribution in [0.4, 0.5) is 5.82 Å². The Bertz CT molecular complexity index is 696. The van der Waals surface area contributed by atoms with Gasteiger partial charge in [0.25, 0.3) is 0 Å². The number of nitrogens with one attached hydrogen (secondary N) is 1. The molecular formula is C13H17N3O2S. The van der Waals surface area contributed by atoms with Crippen molar-refractivity contribution in [1.29, 1.82) is 0 Å². The van der Waals surface area contributed by atoms with Crippen molar-refractivity contribution in [3.8, 4) is 0 Å². The van der Waals surface area contributed by atoms with E-state index in [0.29, 0.717) is 17.9 Å². The molecule has 0 aliphatic carbocycles. The lowest BCUT2D eigenvalue weighted by molar-refractivity contribution is 0.560. The third-order valence-electron chi connectivity index (χ3n) is 2.67. The van der Waals surface area contributed by atoms with Crippen molar-refractivity contribution in [2.45, 2.75) is 18.7 Å². The van der Waals surface area contributed by atoms with Crippen molar-refractivity contribution in [1.82, 2.24) is 9.71 Å². The Morgan fingerprint density at radius 3 is 2.68 bits per heavy atom. The average Bonchev–Trinajstić information content (AvgIpc) is 2.36. The van der Waals surface area contributed by atoms with Crippen LogP contribution >= 0.6 is 0 Å². The van der Waals surface area contributed by atoms with Crippen molar-refractivity contribution in [3.05, 3.63) is 30.3 Å². The molecule has 5 nitrogen and oxygen atoms in total. The molecule has 6 heteroatoms. The van der Waals surface area contributed by atoms with Crippen LogP contribution in [0.25, 0.3) is 10.9 Å². The SMILES string of the molecule is CC(C)CNS(=O)(=O)c1ccc2nc(N)ccc2c1. The Morgan fingerprint density at radius 2 is 2.00 bits per heavy atom. The maximum absolute atomic E-state index is 12.1. The van der Waals surface area contributed by atoms with E-state index in [1.54, 1.807) is 24.3 Å². The van der Waals surface area contributed by atoms with E-state index in [-0.39, 0.29) is 10.8 Å². The number of nitrogens with zero attached hydrogens (tertiary/aromatic N) is 1. The standard InChI is InChI=1S/C13H17N3O2S/c1-9(2)8-15-19(17,18)11-4-5-12-10(7-11)3-6-13(14)16-12/h3-7,9,15H,8H2,1-2H3,(H2,14,16). The molecule has 0 unspecified atom stereocenters. The summed E-state index contributed by atoms with van der Waals surface area (Å²) in [6.45, 7) is 4.32. The van der Waals surface area contributed by atoms with Gasteiger partial charge in [-0.25, -0.2) is 18.1 Å². The molecular weight excluding hydrogens is 262 g/mol. The average molecular weight is 279 g/mol. The number of sulfonamides is 1. The monoisotopic (exact) mass is 279 g/mol. The van der Waals surface area contributed by atoms with E-state index in [1.165, 1.54) is 6.07 Å². The molecule has 102 valence electrons. The van der Waals surface area contributed by atoms with Crippen LogP contribution in [0.1, 0.15) is 13.8 Å². The summed E-state index contributed by atoms with van der Waals surface area (Å²) in [4.78, 5) is 4.38. The minimum absolute atomic E-state index is 0.243. The molecule has 0 fully saturated rings. The van der Waals surface area contributed by atoms with Gasteiger partial charge in [-0.15, -0.1) is 0 Å². The summed E-state index contributed by atoms with van der Waals surface area (Å²) in [7, 11) is -3.47. The van der Waals surface area contributed by atoms with E-state index in [2.05, 4.69) is 9.71 Å². The molecule has 0 amide bonds. The second kappa shape index (κ2) is 5.14. The smallest absolute Gasteiger partial charge is 0.240 e. The fourth-order valence-corrected chi connectivity index (χ4v) is 2.90. The zero-order valence-corrected chi connectivity index (χ0v) is 11.7. The fraction of sp³-hybridized carbons (Fsp3) is 0.308. The first-order chi connectivity index (χ1) is 8.88. The van der Waals surface area contributed by atoms with Gasteiger partial charge in [0, 0.05) is 11.9 Å². The Morgan fingerprint density at radius 1 is 1.26 bits per heavy atom. The molecule has 0 aliphatic heterocycles. The first kappa shape index (κ1) is 13.8. The number of hydrogen-bond donors (Lipinski definition) is 2. The summed E-state index contributed by atoms with van der Waals surface area (Å²) in [6, 6.07) is 8.22. The van der Waals surface area contributed by atoms with Crippen LogP contribution in [0, 0.1) is 5.92 Å². The van der Waals surface area contributed by atoms with E-state index in [9.17, 15) is 8.42 Å². The lowest BCUT2D eigenvalue weighted by atomic mass is 10.2. The molecule has 1 aromatic heterocycles. The number of anilines is 1. The molecule has 1 heterocycles. The Kier molecular flexibility index (Phi) is 3.73. The lowest BCUT2D eigenvalue weighted by Gasteiger charge is -2.09. The van der Waals surface area contributed by atoms with Gasteiger partial charge in [-0.05, 0) is 36.2 Å². The zero-order valence-electron chi connectivity index (χ0n) is 10.9. The molecule has 0 bridgehead atoms. The van der Waals surface area contributed by atoms with Crippen LogP contribution in [0.3, 0.4) is 0 Å². The van der Waals surface area contributed by atoms with E-state index >= 15 is 0 Å². The number of fused-ring (bicyclic) bond motifs is 1. The van der Waals surface area contributed by atoms with Gasteiger partial charge in [-0.1, -0.05) is 13.8 Å². The first-order valence-corrected chi connectivity index (χ1v) is 7.53. The van der Waals surface area contributed by atoms with Gasteiger partial charge >= 0.3 is 0 Å². The summed E-state index contributed by atoms with van der Waals surface area (Å²) in [5.41, 5.74) is 6.27. The Hall–Kier alpha value is -1.66. The minimum Gasteiger partial charge on any atom is -0.384 e. The number of rotatable bonds is 4. The first-order valence-electron chi connectivity index (χ1n) is 6.04. The zero-order chi connectivity index (χ0) is 14.0. The van der Waals surface area contributed by atoms with Gasteiger partial charge in [-0.2, -0.15) is 0 Å². The fourth-order valence-electron chi connectivity index (χ4n) is 1.65. The number of nitrogens with two attached hydrogens (primary N) is 1. The molecule has 2 aromatic rings. The molecule has 1 aromatic carbocycles. The molecule has 0 spiro atoms. The summed E-state index contributed by atoms with van der Waals surface area (Å²) in [5, 5.41) is 0.752. The van der Waals surface area contributed by atoms with Crippen LogP contribution in [0.5, 0.6) is 0 Å². The van der Waals surface area contributed by atoms with Crippen molar-refractivity contribution >= 4 is 26.7 Å². The number of aromatic nitrogens is 1. The highest BCUT2D eigenvalue weighted by molar-refractivity contribution is 7.89. The van der Waals surface area contributed by atoms with Crippen LogP contribution in [-0.2, 0) is 10.0 Å². The number of pyridine rings is 1. The molecule has 3 N–H and O–H groups in total. The molecule has 0 aliphatic rings. The van der Waals surface area contributed by atoms with Crippen LogP contribution in [0.15, 0.2) is 35.2 Å². The summed E-state index contributed by atoms with van der Waals surface area (Å²) < 4.78 is 26.8. The maximum atomic E-state index is 12.1. The van der Waals surface area contributed by atoms with Crippen molar-refractivity contribution < 1.29 is 8.42 Å². The molecule has 0 saturated carbocycles. The Labute approximate surface area is 112 Å². The molecule has 0 saturated heterocycles. The third kappa shape index (κ3) is 3.21. The number of nitrogen functional groups attached to an aromatic ring is 1. The third-order valence-corrected chi connectivity index (χ3v) is 4.10. The van der Waals surface area contributed by atoms with Gasteiger partial charge in [0.2, 0.25) is 10.0 Å². The van der Waals surface area contributed by atoms with Gasteiger partial charge in [0.15, 0.2) is 0 Å². The topological polar surface area (TPSA) is 85.1 Å². The highest BCUT2D eigenvalue weighted by atomic mass is 32.2. The van der Waals surface area contributed by atoms with E-state index < -0.39 is 10.0 Å². The largest absolute Gasteiger partial charge is 0.384 e. The van der Waals surface area contributed by atoms with E-state index in [1.807, 2.05) is 13.8 Å². The van der Waals surface area contributed by atoms with Crippen molar-refractivity contribution in [2.24, 2.45) is 5.92 Å². The number of benzene rings is 1. The lowest BCUT2D eigenvalue weighted by Crippen LogP contribution is -2.27. The van der Waals surface area contributed by atoms with Crippen molar-refractivity contribution in [3.63, 3.8) is 0 Å². The van der Waals surface area contributed by atoms with Gasteiger partial charge < -0.3 is 5.73 Å². The quantitative estimate of drug-likeness (QED) is 0.893. The summed E-state index contributed by atoms with van der Waals surface area (Å²) in [6.07, 6.45) is 0. The predicted octanol–water partition coefficient (Wildman–Crippen LogP) is 1.75. The summed E-state index contributed by atoms with van der Waals surface area (Å²) in [5.74, 6) is 0.678.